The first-order valence-corrected chi connectivity index (χ1v) is 10.3. The van der Waals surface area contributed by atoms with Gasteiger partial charge in [0.1, 0.15) is 0 Å². The third kappa shape index (κ3) is 3.05. The van der Waals surface area contributed by atoms with Gasteiger partial charge in [-0.3, -0.25) is 14.2 Å². The van der Waals surface area contributed by atoms with Gasteiger partial charge in [0.05, 0.1) is 21.1 Å². The van der Waals surface area contributed by atoms with E-state index in [-0.39, 0.29) is 17.5 Å². The van der Waals surface area contributed by atoms with E-state index in [2.05, 4.69) is 9.97 Å². The van der Waals surface area contributed by atoms with Crippen molar-refractivity contribution < 1.29 is 4.79 Å². The van der Waals surface area contributed by atoms with Gasteiger partial charge in [-0.2, -0.15) is 0 Å². The summed E-state index contributed by atoms with van der Waals surface area (Å²) in [4.78, 5) is 47.2. The molecule has 0 radical (unpaired) electrons. The highest BCUT2D eigenvalue weighted by molar-refractivity contribution is 7.20. The minimum absolute atomic E-state index is 0.0931. The minimum atomic E-state index is -0.398. The Bertz CT molecular complexity index is 1310. The summed E-state index contributed by atoms with van der Waals surface area (Å²) in [6, 6.07) is 14.5. The second-order valence-electron chi connectivity index (χ2n) is 7.16. The fourth-order valence-corrected chi connectivity index (χ4v) is 4.87. The number of para-hydroxylation sites is 2. The number of amides is 1. The fraction of sp³-hybridized carbons (Fsp3) is 0.238. The Labute approximate surface area is 169 Å². The highest BCUT2D eigenvalue weighted by Gasteiger charge is 2.28. The number of fused-ring (bicyclic) bond motifs is 2. The van der Waals surface area contributed by atoms with Gasteiger partial charge in [0, 0.05) is 19.1 Å². The van der Waals surface area contributed by atoms with Crippen LogP contribution < -0.4 is 11.2 Å². The lowest BCUT2D eigenvalue weighted by atomic mass is 10.0. The fourth-order valence-electron chi connectivity index (χ4n) is 3.93. The van der Waals surface area contributed by atoms with Crippen LogP contribution in [0.25, 0.3) is 21.1 Å². The predicted octanol–water partition coefficient (Wildman–Crippen LogP) is 2.78. The number of hydrogen-bond donors (Lipinski definition) is 1. The predicted molar refractivity (Wildman–Crippen MR) is 113 cm³/mol. The third-order valence-electron chi connectivity index (χ3n) is 5.43. The minimum Gasteiger partial charge on any atom is -0.336 e. The van der Waals surface area contributed by atoms with Crippen molar-refractivity contribution in [2.45, 2.75) is 18.9 Å². The lowest BCUT2D eigenvalue weighted by Crippen LogP contribution is -2.45. The van der Waals surface area contributed by atoms with E-state index >= 15 is 0 Å². The zero-order valence-electron chi connectivity index (χ0n) is 15.5. The van der Waals surface area contributed by atoms with Gasteiger partial charge >= 0.3 is 5.69 Å². The van der Waals surface area contributed by atoms with Crippen LogP contribution in [0.2, 0.25) is 0 Å². The van der Waals surface area contributed by atoms with Gasteiger partial charge in [-0.25, -0.2) is 9.78 Å². The number of carbonyl (C=O) groups is 1. The molecule has 5 rings (SSSR count). The third-order valence-corrected chi connectivity index (χ3v) is 6.45. The lowest BCUT2D eigenvalue weighted by molar-refractivity contribution is 0.0692. The quantitative estimate of drug-likeness (QED) is 0.554. The van der Waals surface area contributed by atoms with Crippen molar-refractivity contribution in [1.82, 2.24) is 19.4 Å². The summed E-state index contributed by atoms with van der Waals surface area (Å²) in [6.07, 6.45) is 1.11. The molecule has 29 heavy (non-hydrogen) atoms. The Morgan fingerprint density at radius 2 is 1.76 bits per heavy atom. The van der Waals surface area contributed by atoms with E-state index in [1.807, 2.05) is 24.3 Å². The van der Waals surface area contributed by atoms with Crippen LogP contribution in [0.5, 0.6) is 0 Å². The van der Waals surface area contributed by atoms with Crippen LogP contribution in [-0.2, 0) is 0 Å². The van der Waals surface area contributed by atoms with Gasteiger partial charge in [0.15, 0.2) is 5.01 Å². The van der Waals surface area contributed by atoms with Crippen LogP contribution in [0.1, 0.15) is 28.7 Å². The van der Waals surface area contributed by atoms with Crippen LogP contribution in [0.15, 0.2) is 58.1 Å². The number of aromatic amines is 1. The number of aromatic nitrogens is 3. The molecular formula is C21H18N4O3S. The maximum absolute atomic E-state index is 12.9. The number of likely N-dealkylation sites (tertiary alicyclic amines) is 1. The molecular weight excluding hydrogens is 388 g/mol. The molecule has 0 bridgehead atoms. The molecule has 1 saturated heterocycles. The molecule has 2 aromatic carbocycles. The van der Waals surface area contributed by atoms with Gasteiger partial charge in [-0.05, 0) is 37.1 Å². The maximum atomic E-state index is 12.9. The average Bonchev–Trinajstić information content (AvgIpc) is 3.18. The van der Waals surface area contributed by atoms with Crippen molar-refractivity contribution in [3.8, 4) is 0 Å². The van der Waals surface area contributed by atoms with Crippen molar-refractivity contribution in [3.05, 3.63) is 74.4 Å². The lowest BCUT2D eigenvalue weighted by Gasteiger charge is -2.32. The number of rotatable bonds is 2. The van der Waals surface area contributed by atoms with Crippen LogP contribution >= 0.6 is 11.3 Å². The number of piperidine rings is 1. The second kappa shape index (κ2) is 6.97. The molecule has 4 aromatic rings. The molecule has 0 unspecified atom stereocenters. The Morgan fingerprint density at radius 1 is 1.03 bits per heavy atom. The van der Waals surface area contributed by atoms with E-state index in [0.29, 0.717) is 41.8 Å². The van der Waals surface area contributed by atoms with E-state index in [1.165, 1.54) is 15.9 Å². The first-order chi connectivity index (χ1) is 14.1. The number of nitrogens with one attached hydrogen (secondary N) is 1. The number of hydrogen-bond acceptors (Lipinski definition) is 5. The molecule has 0 atom stereocenters. The summed E-state index contributed by atoms with van der Waals surface area (Å²) in [6.45, 7) is 0.969. The molecule has 1 fully saturated rings. The smallest absolute Gasteiger partial charge is 0.329 e. The summed E-state index contributed by atoms with van der Waals surface area (Å²) in [5.41, 5.74) is 0.692. The molecule has 1 N–H and O–H groups in total. The number of thiazole rings is 1. The molecule has 3 heterocycles. The topological polar surface area (TPSA) is 88.1 Å². The normalized spacial score (nSPS) is 15.2. The average molecular weight is 406 g/mol. The number of H-pyrrole nitrogens is 1. The van der Waals surface area contributed by atoms with E-state index in [0.717, 1.165) is 10.2 Å². The Morgan fingerprint density at radius 3 is 2.55 bits per heavy atom. The molecule has 8 heteroatoms. The maximum Gasteiger partial charge on any atom is 0.329 e. The highest BCUT2D eigenvalue weighted by atomic mass is 32.1. The largest absolute Gasteiger partial charge is 0.336 e. The summed E-state index contributed by atoms with van der Waals surface area (Å²) in [5.74, 6) is -0.0931. The van der Waals surface area contributed by atoms with Gasteiger partial charge in [-0.1, -0.05) is 24.3 Å². The van der Waals surface area contributed by atoms with Crippen molar-refractivity contribution in [2.75, 3.05) is 13.1 Å². The molecule has 7 nitrogen and oxygen atoms in total. The first kappa shape index (κ1) is 17.8. The van der Waals surface area contributed by atoms with E-state index in [1.54, 1.807) is 29.2 Å². The van der Waals surface area contributed by atoms with Crippen LogP contribution in [0.4, 0.5) is 0 Å². The Balaban J connectivity index is 1.38. The number of benzene rings is 2. The summed E-state index contributed by atoms with van der Waals surface area (Å²) in [5, 5.41) is 0.977. The summed E-state index contributed by atoms with van der Waals surface area (Å²) >= 11 is 1.39. The van der Waals surface area contributed by atoms with Crippen molar-refractivity contribution in [3.63, 3.8) is 0 Å². The van der Waals surface area contributed by atoms with Gasteiger partial charge < -0.3 is 9.88 Å². The van der Waals surface area contributed by atoms with Gasteiger partial charge in [-0.15, -0.1) is 11.3 Å². The van der Waals surface area contributed by atoms with E-state index in [4.69, 9.17) is 0 Å². The molecule has 1 amide bonds. The van der Waals surface area contributed by atoms with Crippen LogP contribution in [-0.4, -0.2) is 38.4 Å². The van der Waals surface area contributed by atoms with Gasteiger partial charge in [0.2, 0.25) is 0 Å². The highest BCUT2D eigenvalue weighted by Crippen LogP contribution is 2.26. The second-order valence-corrected chi connectivity index (χ2v) is 8.19. The molecule has 0 spiro atoms. The van der Waals surface area contributed by atoms with Crippen molar-refractivity contribution >= 4 is 38.4 Å². The van der Waals surface area contributed by atoms with Gasteiger partial charge in [0.25, 0.3) is 11.5 Å². The van der Waals surface area contributed by atoms with E-state index in [9.17, 15) is 14.4 Å². The molecule has 0 aliphatic carbocycles. The zero-order valence-corrected chi connectivity index (χ0v) is 16.3. The SMILES string of the molecule is O=C(c1nc2ccccc2s1)N1CCC(n2c(=O)[nH]c3ccccc3c2=O)CC1. The molecule has 146 valence electrons. The summed E-state index contributed by atoms with van der Waals surface area (Å²) < 4.78 is 2.29. The van der Waals surface area contributed by atoms with Crippen LogP contribution in [0, 0.1) is 0 Å². The molecule has 1 aliphatic rings. The van der Waals surface area contributed by atoms with E-state index < -0.39 is 5.69 Å². The summed E-state index contributed by atoms with van der Waals surface area (Å²) in [7, 11) is 0. The Hall–Kier alpha value is -3.26. The Kier molecular flexibility index (Phi) is 4.28. The number of carbonyl (C=O) groups excluding carboxylic acids is 1. The van der Waals surface area contributed by atoms with Crippen molar-refractivity contribution in [2.24, 2.45) is 0 Å². The monoisotopic (exact) mass is 406 g/mol. The first-order valence-electron chi connectivity index (χ1n) is 9.50. The zero-order chi connectivity index (χ0) is 20.0. The standard InChI is InChI=1S/C21H18N4O3S/c26-19-14-5-1-2-6-15(14)23-21(28)25(19)13-9-11-24(12-10-13)20(27)18-22-16-7-3-4-8-17(16)29-18/h1-8,13H,9-12H2,(H,23,28). The molecule has 0 saturated carbocycles. The number of nitrogens with zero attached hydrogens (tertiary/aromatic N) is 3. The molecule has 1 aliphatic heterocycles. The van der Waals surface area contributed by atoms with Crippen LogP contribution in [0.3, 0.4) is 0 Å². The van der Waals surface area contributed by atoms with Crippen molar-refractivity contribution in [1.29, 1.82) is 0 Å². The molecule has 2 aromatic heterocycles.